The molecule has 0 amide bonds. The van der Waals surface area contributed by atoms with Crippen LogP contribution >= 0.6 is 0 Å². The molecule has 4 nitrogen and oxygen atoms in total. The monoisotopic (exact) mass is 482 g/mol. The minimum Gasteiger partial charge on any atom is -0.578 e. The van der Waals surface area contributed by atoms with Crippen molar-refractivity contribution in [2.75, 3.05) is 0 Å². The van der Waals surface area contributed by atoms with Gasteiger partial charge in [0.15, 0.2) is 0 Å². The summed E-state index contributed by atoms with van der Waals surface area (Å²) in [7, 11) is 0. The van der Waals surface area contributed by atoms with Crippen LogP contribution in [0.15, 0.2) is 0 Å². The maximum Gasteiger partial charge on any atom is 2.00 e. The van der Waals surface area contributed by atoms with E-state index in [1.165, 1.54) is 27.7 Å². The van der Waals surface area contributed by atoms with Gasteiger partial charge < -0.3 is 35.2 Å². The smallest absolute Gasteiger partial charge is 0.578 e. The summed E-state index contributed by atoms with van der Waals surface area (Å²) in [5, 5.41) is 12.6. The van der Waals surface area contributed by atoms with Gasteiger partial charge in [0, 0.05) is 5.69 Å². The Morgan fingerprint density at radius 3 is 1.31 bits per heavy atom. The minimum absolute atomic E-state index is 0. The summed E-state index contributed by atoms with van der Waals surface area (Å²) in [6, 6.07) is 0. The first-order chi connectivity index (χ1) is 9.85. The fourth-order valence-corrected chi connectivity index (χ4v) is 1.43. The van der Waals surface area contributed by atoms with Gasteiger partial charge in [0.2, 0.25) is 0 Å². The van der Waals surface area contributed by atoms with Gasteiger partial charge in [-0.2, -0.15) is 26.3 Å². The molecule has 2 heterocycles. The topological polar surface area (TPSA) is 54.0 Å². The van der Waals surface area contributed by atoms with Gasteiger partial charge in [-0.05, 0) is 37.6 Å². The van der Waals surface area contributed by atoms with Crippen molar-refractivity contribution in [3.63, 3.8) is 0 Å². The largest absolute Gasteiger partial charge is 2.00 e. The van der Waals surface area contributed by atoms with Crippen LogP contribution in [0.1, 0.15) is 33.9 Å². The van der Waals surface area contributed by atoms with Crippen LogP contribution < -0.4 is 10.2 Å². The van der Waals surface area contributed by atoms with Crippen molar-refractivity contribution in [1.29, 1.82) is 0 Å². The number of hydrogen-bond acceptors (Lipinski definition) is 2. The molecule has 0 bridgehead atoms. The Morgan fingerprint density at radius 1 is 0.692 bits per heavy atom. The molecule has 2 aromatic heterocycles. The molecule has 0 aliphatic rings. The van der Waals surface area contributed by atoms with Crippen molar-refractivity contribution in [3.05, 3.63) is 48.8 Å². The van der Waals surface area contributed by atoms with Crippen LogP contribution in [0.25, 0.3) is 0 Å². The van der Waals surface area contributed by atoms with E-state index < -0.39 is 23.7 Å². The van der Waals surface area contributed by atoms with Gasteiger partial charge in [-0.25, -0.2) is 0 Å². The van der Waals surface area contributed by atoms with Crippen molar-refractivity contribution in [2.24, 2.45) is 0 Å². The molecule has 158 valence electrons. The second kappa shape index (κ2) is 11.7. The number of halogens is 6. The summed E-state index contributed by atoms with van der Waals surface area (Å²) in [5.74, 6) is 0. The molecule has 0 aliphatic heterocycles. The molecule has 0 fully saturated rings. The molecule has 0 saturated heterocycles. The first-order valence-corrected chi connectivity index (χ1v) is 5.93. The number of hydrogen-bond donors (Lipinski definition) is 0. The molecule has 2 aromatic rings. The molecule has 0 unspecified atom stereocenters. The predicted molar refractivity (Wildman–Crippen MR) is 76.9 cm³/mol. The van der Waals surface area contributed by atoms with Gasteiger partial charge in [0.05, 0.1) is 0 Å². The maximum absolute atomic E-state index is 12.0. The fourth-order valence-electron chi connectivity index (χ4n) is 1.43. The summed E-state index contributed by atoms with van der Waals surface area (Å²) in [6.45, 7) is 5.71. The van der Waals surface area contributed by atoms with Gasteiger partial charge in [0.1, 0.15) is 5.69 Å². The summed E-state index contributed by atoms with van der Waals surface area (Å²) < 4.78 is 71.8. The average Bonchev–Trinajstić information content (AvgIpc) is 2.84. The van der Waals surface area contributed by atoms with E-state index in [0.717, 1.165) is 0 Å². The molecular weight excluding hydrogens is 465 g/mol. The summed E-state index contributed by atoms with van der Waals surface area (Å²) in [6.07, 6.45) is -8.74. The normalized spacial score (nSPS) is 10.2. The third-order valence-corrected chi connectivity index (χ3v) is 2.93. The first kappa shape index (κ1) is 32.7. The van der Waals surface area contributed by atoms with Crippen LogP contribution in [0, 0.1) is 42.5 Å². The van der Waals surface area contributed by atoms with Gasteiger partial charge in [-0.15, -0.1) is 5.69 Å². The Kier molecular flexibility index (Phi) is 14.7. The fraction of sp³-hybridized carbons (Fsp3) is 0.429. The second-order valence-electron chi connectivity index (χ2n) is 4.51. The average molecular weight is 483 g/mol. The van der Waals surface area contributed by atoms with Gasteiger partial charge in [-0.3, -0.25) is 0 Å². The zero-order chi connectivity index (χ0) is 17.3. The number of aryl methyl sites for hydroxylation is 2. The van der Waals surface area contributed by atoms with Gasteiger partial charge >= 0.3 is 46.5 Å². The third-order valence-electron chi connectivity index (χ3n) is 2.93. The Bertz CT molecular complexity index is 591. The molecular formula is C14H18Cu2F6N4. The molecule has 26 heavy (non-hydrogen) atoms. The van der Waals surface area contributed by atoms with Crippen LogP contribution in [0.5, 0.6) is 0 Å². The Balaban J connectivity index is -0.000000161. The first-order valence-electron chi connectivity index (χ1n) is 5.93. The number of aromatic nitrogens is 4. The SMILES string of the molecule is Cc1[n-]nc(C(F)(F)F)c1C.Cc1n[n-]c(C(F)(F)F)c1C.[CH3-].[CH3-].[Cu+2].[Cu+2]. The van der Waals surface area contributed by atoms with E-state index in [-0.39, 0.29) is 60.1 Å². The van der Waals surface area contributed by atoms with Crippen LogP contribution in [-0.2, 0) is 46.5 Å². The number of nitrogens with zero attached hydrogens (tertiary/aromatic N) is 4. The van der Waals surface area contributed by atoms with E-state index in [9.17, 15) is 26.3 Å². The van der Waals surface area contributed by atoms with Crippen molar-refractivity contribution < 1.29 is 60.5 Å². The predicted octanol–water partition coefficient (Wildman–Crippen LogP) is 4.24. The molecule has 0 aromatic carbocycles. The van der Waals surface area contributed by atoms with E-state index in [1.807, 2.05) is 0 Å². The second-order valence-corrected chi connectivity index (χ2v) is 4.51. The Hall–Kier alpha value is -0.961. The molecule has 0 aliphatic carbocycles. The molecule has 2 radical (unpaired) electrons. The quantitative estimate of drug-likeness (QED) is 0.320. The third kappa shape index (κ3) is 8.16. The van der Waals surface area contributed by atoms with E-state index in [4.69, 9.17) is 0 Å². The molecule has 0 saturated carbocycles. The van der Waals surface area contributed by atoms with Gasteiger partial charge in [0.25, 0.3) is 0 Å². The van der Waals surface area contributed by atoms with Crippen LogP contribution in [0.3, 0.4) is 0 Å². The van der Waals surface area contributed by atoms with E-state index in [2.05, 4.69) is 20.4 Å². The molecule has 0 spiro atoms. The van der Waals surface area contributed by atoms with Crippen LogP contribution in [0.2, 0.25) is 0 Å². The summed E-state index contributed by atoms with van der Waals surface area (Å²) >= 11 is 0. The van der Waals surface area contributed by atoms with Crippen LogP contribution in [0.4, 0.5) is 26.3 Å². The molecule has 0 atom stereocenters. The summed E-state index contributed by atoms with van der Waals surface area (Å²) in [5.41, 5.74) is -0.880. The number of alkyl halides is 6. The Morgan fingerprint density at radius 2 is 1.15 bits per heavy atom. The van der Waals surface area contributed by atoms with Crippen molar-refractivity contribution in [2.45, 2.75) is 40.0 Å². The Labute approximate surface area is 169 Å². The zero-order valence-electron chi connectivity index (χ0n) is 14.7. The maximum atomic E-state index is 12.0. The van der Waals surface area contributed by atoms with Gasteiger partial charge in [-0.1, -0.05) is 6.92 Å². The van der Waals surface area contributed by atoms with Crippen molar-refractivity contribution >= 4 is 0 Å². The zero-order valence-corrected chi connectivity index (χ0v) is 16.5. The molecule has 0 N–H and O–H groups in total. The van der Waals surface area contributed by atoms with E-state index in [0.29, 0.717) is 11.4 Å². The number of rotatable bonds is 0. The van der Waals surface area contributed by atoms with Crippen molar-refractivity contribution in [1.82, 2.24) is 20.4 Å². The minimum atomic E-state index is -4.37. The van der Waals surface area contributed by atoms with Crippen molar-refractivity contribution in [3.8, 4) is 0 Å². The standard InChI is InChI=1S/2C6H6F3N2.2CH3.2Cu/c2*1-3-4(2)10-11-5(3)6(7,8)9;;;;/h2*1-2H3;2*1H3;;/q4*-1;2*+2. The van der Waals surface area contributed by atoms with E-state index >= 15 is 0 Å². The molecule has 2 rings (SSSR count). The van der Waals surface area contributed by atoms with Crippen LogP contribution in [-0.4, -0.2) is 10.2 Å². The summed E-state index contributed by atoms with van der Waals surface area (Å²) in [4.78, 5) is 0. The molecule has 12 heteroatoms. The van der Waals surface area contributed by atoms with E-state index in [1.54, 1.807) is 0 Å².